The van der Waals surface area contributed by atoms with Gasteiger partial charge in [0.2, 0.25) is 0 Å². The number of benzene rings is 2. The summed E-state index contributed by atoms with van der Waals surface area (Å²) in [5.74, 6) is -2.75. The minimum atomic E-state index is -0.758. The number of carbonyl (C=O) groups is 2. The van der Waals surface area contributed by atoms with Crippen LogP contribution in [0.2, 0.25) is 0 Å². The van der Waals surface area contributed by atoms with Crippen molar-refractivity contribution in [1.29, 1.82) is 0 Å². The van der Waals surface area contributed by atoms with Gasteiger partial charge in [-0.2, -0.15) is 0 Å². The molecule has 0 bridgehead atoms. The molecule has 1 aliphatic heterocycles. The quantitative estimate of drug-likeness (QED) is 0.685. The van der Waals surface area contributed by atoms with Crippen LogP contribution in [0.25, 0.3) is 4.85 Å². The third kappa shape index (κ3) is 2.97. The number of carbonyl (C=O) groups excluding carboxylic acids is 2. The van der Waals surface area contributed by atoms with E-state index in [2.05, 4.69) is 10.2 Å². The van der Waals surface area contributed by atoms with Crippen LogP contribution >= 0.6 is 0 Å². The first kappa shape index (κ1) is 16.3. The first-order chi connectivity index (χ1) is 11.9. The van der Waals surface area contributed by atoms with Crippen LogP contribution in [0.1, 0.15) is 5.56 Å². The molecule has 0 atom stereocenters. The van der Waals surface area contributed by atoms with Crippen molar-refractivity contribution in [2.45, 2.75) is 6.92 Å². The van der Waals surface area contributed by atoms with Gasteiger partial charge in [0.15, 0.2) is 5.69 Å². The Balaban J connectivity index is 1.85. The molecule has 2 aromatic carbocycles. The number of imide groups is 1. The molecule has 2 aromatic rings. The number of nitrogens with zero attached hydrogens (tertiary/aromatic N) is 2. The zero-order valence-electron chi connectivity index (χ0n) is 13.0. The number of halogens is 2. The fourth-order valence-corrected chi connectivity index (χ4v) is 2.35. The van der Waals surface area contributed by atoms with Gasteiger partial charge in [0, 0.05) is 23.0 Å². The van der Waals surface area contributed by atoms with Gasteiger partial charge in [0.05, 0.1) is 6.57 Å². The smallest absolute Gasteiger partial charge is 0.281 e. The molecule has 5 nitrogen and oxygen atoms in total. The first-order valence-electron chi connectivity index (χ1n) is 7.21. The van der Waals surface area contributed by atoms with Gasteiger partial charge in [-0.1, -0.05) is 12.1 Å². The summed E-state index contributed by atoms with van der Waals surface area (Å²) in [6.07, 6.45) is 1.06. The van der Waals surface area contributed by atoms with Crippen LogP contribution < -0.4 is 10.2 Å². The van der Waals surface area contributed by atoms with Gasteiger partial charge >= 0.3 is 0 Å². The Morgan fingerprint density at radius 3 is 2.24 bits per heavy atom. The molecule has 1 aliphatic rings. The predicted molar refractivity (Wildman–Crippen MR) is 88.0 cm³/mol. The van der Waals surface area contributed by atoms with Gasteiger partial charge < -0.3 is 5.32 Å². The predicted octanol–water partition coefficient (Wildman–Crippen LogP) is 3.69. The highest BCUT2D eigenvalue weighted by Crippen LogP contribution is 2.26. The first-order valence-corrected chi connectivity index (χ1v) is 7.21. The molecule has 7 heteroatoms. The average molecular weight is 339 g/mol. The lowest BCUT2D eigenvalue weighted by Gasteiger charge is -2.15. The van der Waals surface area contributed by atoms with Crippen LogP contribution in [0.15, 0.2) is 48.2 Å². The Bertz CT molecular complexity index is 936. The van der Waals surface area contributed by atoms with Crippen molar-refractivity contribution >= 4 is 28.9 Å². The molecule has 0 fully saturated rings. The standard InChI is InChI=1S/C18H11F2N3O2/c1-10-14(19)7-12(8-15(10)20)22-16-9-17(24)23(18(16)25)13-5-3-11(21-2)4-6-13/h3-9,22H,1H3. The fraction of sp³-hybridized carbons (Fsp3) is 0.0556. The van der Waals surface area contributed by atoms with Crippen molar-refractivity contribution in [3.63, 3.8) is 0 Å². The Kier molecular flexibility index (Phi) is 4.03. The SMILES string of the molecule is [C-]#[N+]c1ccc(N2C(=O)C=C(Nc3cc(F)c(C)c(F)c3)C2=O)cc1. The fourth-order valence-electron chi connectivity index (χ4n) is 2.35. The van der Waals surface area contributed by atoms with Crippen molar-refractivity contribution < 1.29 is 18.4 Å². The Labute approximate surface area is 142 Å². The normalized spacial score (nSPS) is 13.7. The molecule has 0 saturated carbocycles. The summed E-state index contributed by atoms with van der Waals surface area (Å²) in [4.78, 5) is 28.7. The van der Waals surface area contributed by atoms with Crippen LogP contribution in [0.3, 0.4) is 0 Å². The lowest BCUT2D eigenvalue weighted by Crippen LogP contribution is -2.31. The Hall–Kier alpha value is -3.53. The van der Waals surface area contributed by atoms with E-state index in [0.29, 0.717) is 11.4 Å². The van der Waals surface area contributed by atoms with E-state index in [1.807, 2.05) is 0 Å². The monoisotopic (exact) mass is 339 g/mol. The molecule has 1 heterocycles. The number of hydrogen-bond acceptors (Lipinski definition) is 3. The van der Waals surface area contributed by atoms with E-state index >= 15 is 0 Å². The lowest BCUT2D eigenvalue weighted by atomic mass is 10.2. The highest BCUT2D eigenvalue weighted by molar-refractivity contribution is 6.31. The second-order valence-corrected chi connectivity index (χ2v) is 5.35. The maximum atomic E-state index is 13.6. The zero-order chi connectivity index (χ0) is 18.1. The largest absolute Gasteiger partial charge is 0.351 e. The van der Waals surface area contributed by atoms with Crippen LogP contribution in [0, 0.1) is 25.1 Å². The van der Waals surface area contributed by atoms with Crippen molar-refractivity contribution in [3.05, 3.63) is 76.8 Å². The molecule has 0 radical (unpaired) electrons. The zero-order valence-corrected chi connectivity index (χ0v) is 13.0. The van der Waals surface area contributed by atoms with E-state index < -0.39 is 23.4 Å². The molecule has 25 heavy (non-hydrogen) atoms. The van der Waals surface area contributed by atoms with Crippen LogP contribution in [0.5, 0.6) is 0 Å². The van der Waals surface area contributed by atoms with E-state index in [1.54, 1.807) is 0 Å². The average Bonchev–Trinajstić information content (AvgIpc) is 2.86. The van der Waals surface area contributed by atoms with Crippen molar-refractivity contribution in [3.8, 4) is 0 Å². The molecular formula is C18H11F2N3O2. The van der Waals surface area contributed by atoms with Crippen molar-refractivity contribution in [2.75, 3.05) is 10.2 Å². The number of hydrogen-bond donors (Lipinski definition) is 1. The minimum Gasteiger partial charge on any atom is -0.351 e. The van der Waals surface area contributed by atoms with Crippen molar-refractivity contribution in [1.82, 2.24) is 0 Å². The summed E-state index contributed by atoms with van der Waals surface area (Å²) in [7, 11) is 0. The molecule has 3 rings (SSSR count). The molecule has 2 amide bonds. The van der Waals surface area contributed by atoms with Crippen LogP contribution in [0.4, 0.5) is 25.8 Å². The van der Waals surface area contributed by atoms with Crippen LogP contribution in [-0.4, -0.2) is 11.8 Å². The maximum Gasteiger partial charge on any atom is 0.281 e. The van der Waals surface area contributed by atoms with Gasteiger partial charge in [-0.15, -0.1) is 0 Å². The summed E-state index contributed by atoms with van der Waals surface area (Å²) in [5, 5.41) is 2.57. The summed E-state index contributed by atoms with van der Waals surface area (Å²) in [5.41, 5.74) is 0.478. The number of rotatable bonds is 3. The number of anilines is 2. The summed E-state index contributed by atoms with van der Waals surface area (Å²) in [6.45, 7) is 8.20. The molecule has 0 aromatic heterocycles. The molecular weight excluding hydrogens is 328 g/mol. The van der Waals surface area contributed by atoms with Crippen LogP contribution in [-0.2, 0) is 9.59 Å². The summed E-state index contributed by atoms with van der Waals surface area (Å²) < 4.78 is 27.2. The number of nitrogens with one attached hydrogen (secondary N) is 1. The molecule has 0 unspecified atom stereocenters. The molecule has 1 N–H and O–H groups in total. The summed E-state index contributed by atoms with van der Waals surface area (Å²) in [6, 6.07) is 8.02. The van der Waals surface area contributed by atoms with E-state index in [1.165, 1.54) is 31.2 Å². The summed E-state index contributed by atoms with van der Waals surface area (Å²) >= 11 is 0. The van der Waals surface area contributed by atoms with E-state index in [0.717, 1.165) is 23.1 Å². The van der Waals surface area contributed by atoms with Gasteiger partial charge in [0.25, 0.3) is 11.8 Å². The third-order valence-corrected chi connectivity index (χ3v) is 3.72. The molecule has 0 spiro atoms. The van der Waals surface area contributed by atoms with E-state index in [4.69, 9.17) is 6.57 Å². The van der Waals surface area contributed by atoms with Gasteiger partial charge in [-0.25, -0.2) is 18.5 Å². The topological polar surface area (TPSA) is 53.8 Å². The van der Waals surface area contributed by atoms with Gasteiger partial charge in [-0.3, -0.25) is 9.59 Å². The minimum absolute atomic E-state index is 0.0261. The molecule has 0 aliphatic carbocycles. The second-order valence-electron chi connectivity index (χ2n) is 5.35. The van der Waals surface area contributed by atoms with E-state index in [-0.39, 0.29) is 16.9 Å². The Morgan fingerprint density at radius 1 is 1.08 bits per heavy atom. The highest BCUT2D eigenvalue weighted by atomic mass is 19.1. The van der Waals surface area contributed by atoms with Crippen molar-refractivity contribution in [2.24, 2.45) is 0 Å². The maximum absolute atomic E-state index is 13.6. The number of amides is 2. The lowest BCUT2D eigenvalue weighted by molar-refractivity contribution is -0.120. The molecule has 0 saturated heterocycles. The Morgan fingerprint density at radius 2 is 1.68 bits per heavy atom. The van der Waals surface area contributed by atoms with Gasteiger partial charge in [-0.05, 0) is 31.2 Å². The highest BCUT2D eigenvalue weighted by Gasteiger charge is 2.32. The molecule has 124 valence electrons. The second kappa shape index (κ2) is 6.17. The van der Waals surface area contributed by atoms with Gasteiger partial charge in [0.1, 0.15) is 17.3 Å². The van der Waals surface area contributed by atoms with E-state index in [9.17, 15) is 18.4 Å². The third-order valence-electron chi connectivity index (χ3n) is 3.72.